The maximum absolute atomic E-state index is 12.0. The number of fused-ring (bicyclic) bond motifs is 1. The molecule has 1 aliphatic rings. The van der Waals surface area contributed by atoms with Crippen LogP contribution >= 0.6 is 0 Å². The highest BCUT2D eigenvalue weighted by molar-refractivity contribution is 6.00. The van der Waals surface area contributed by atoms with Crippen molar-refractivity contribution < 1.29 is 19.0 Å². The Kier molecular flexibility index (Phi) is 4.33. The van der Waals surface area contributed by atoms with E-state index in [1.54, 1.807) is 19.2 Å². The smallest absolute Gasteiger partial charge is 0.170 e. The quantitative estimate of drug-likeness (QED) is 0.829. The van der Waals surface area contributed by atoms with Crippen molar-refractivity contribution in [1.82, 2.24) is 0 Å². The zero-order valence-corrected chi connectivity index (χ0v) is 12.6. The van der Waals surface area contributed by atoms with Crippen LogP contribution in [0.25, 0.3) is 0 Å². The highest BCUT2D eigenvalue weighted by atomic mass is 16.5. The van der Waals surface area contributed by atoms with Gasteiger partial charge in [-0.1, -0.05) is 0 Å². The normalized spacial score (nSPS) is 18.1. The molecule has 2 rings (SSSR count). The lowest BCUT2D eigenvalue weighted by atomic mass is 9.93. The summed E-state index contributed by atoms with van der Waals surface area (Å²) in [6.07, 6.45) is 1.28. The molecule has 0 spiro atoms. The molecule has 0 amide bonds. The summed E-state index contributed by atoms with van der Waals surface area (Å²) in [6, 6.07) is 5.41. The van der Waals surface area contributed by atoms with Crippen LogP contribution in [0.5, 0.6) is 11.5 Å². The summed E-state index contributed by atoms with van der Waals surface area (Å²) in [5.41, 5.74) is 0.186. The molecule has 1 aromatic carbocycles. The molecule has 0 bridgehead atoms. The second kappa shape index (κ2) is 5.83. The highest BCUT2D eigenvalue weighted by Crippen LogP contribution is 2.35. The van der Waals surface area contributed by atoms with E-state index < -0.39 is 5.60 Å². The summed E-state index contributed by atoms with van der Waals surface area (Å²) >= 11 is 0. The Morgan fingerprint density at radius 1 is 1.40 bits per heavy atom. The second-order valence-corrected chi connectivity index (χ2v) is 5.83. The third-order valence-electron chi connectivity index (χ3n) is 3.29. The van der Waals surface area contributed by atoms with Gasteiger partial charge in [-0.25, -0.2) is 0 Å². The molecule has 1 aromatic rings. The molecule has 110 valence electrons. The summed E-state index contributed by atoms with van der Waals surface area (Å²) in [5, 5.41) is 0. The van der Waals surface area contributed by atoms with Crippen LogP contribution in [0.15, 0.2) is 18.2 Å². The number of ketones is 1. The SMILES string of the molecule is COCCC(C)Oc1ccc2c(c1)OC(C)(C)CC2=O. The Morgan fingerprint density at radius 3 is 2.85 bits per heavy atom. The fourth-order valence-corrected chi connectivity index (χ4v) is 2.28. The lowest BCUT2D eigenvalue weighted by molar-refractivity contribution is 0.0617. The molecule has 0 saturated heterocycles. The van der Waals surface area contributed by atoms with Gasteiger partial charge in [-0.2, -0.15) is 0 Å². The summed E-state index contributed by atoms with van der Waals surface area (Å²) in [7, 11) is 1.67. The molecule has 1 atom stereocenters. The van der Waals surface area contributed by atoms with Crippen LogP contribution < -0.4 is 9.47 Å². The predicted molar refractivity (Wildman–Crippen MR) is 76.7 cm³/mol. The second-order valence-electron chi connectivity index (χ2n) is 5.83. The van der Waals surface area contributed by atoms with Crippen molar-refractivity contribution in [3.8, 4) is 11.5 Å². The van der Waals surface area contributed by atoms with Crippen LogP contribution in [0.4, 0.5) is 0 Å². The molecule has 1 aliphatic heterocycles. The number of carbonyl (C=O) groups excluding carboxylic acids is 1. The van der Waals surface area contributed by atoms with Crippen LogP contribution in [0.3, 0.4) is 0 Å². The van der Waals surface area contributed by atoms with E-state index in [9.17, 15) is 4.79 Å². The maximum atomic E-state index is 12.0. The third kappa shape index (κ3) is 3.51. The minimum absolute atomic E-state index is 0.0558. The van der Waals surface area contributed by atoms with Crippen molar-refractivity contribution >= 4 is 5.78 Å². The Hall–Kier alpha value is -1.55. The van der Waals surface area contributed by atoms with E-state index in [0.29, 0.717) is 24.3 Å². The van der Waals surface area contributed by atoms with E-state index in [2.05, 4.69) is 0 Å². The minimum Gasteiger partial charge on any atom is -0.490 e. The lowest BCUT2D eigenvalue weighted by Crippen LogP contribution is -2.35. The molecular weight excluding hydrogens is 256 g/mol. The van der Waals surface area contributed by atoms with E-state index in [0.717, 1.165) is 12.2 Å². The van der Waals surface area contributed by atoms with E-state index >= 15 is 0 Å². The molecule has 4 nitrogen and oxygen atoms in total. The molecule has 0 N–H and O–H groups in total. The molecule has 0 aromatic heterocycles. The Balaban J connectivity index is 2.13. The van der Waals surface area contributed by atoms with E-state index in [4.69, 9.17) is 14.2 Å². The van der Waals surface area contributed by atoms with Crippen molar-refractivity contribution in [1.29, 1.82) is 0 Å². The molecule has 0 fully saturated rings. The molecule has 0 saturated carbocycles. The third-order valence-corrected chi connectivity index (χ3v) is 3.29. The fourth-order valence-electron chi connectivity index (χ4n) is 2.28. The van der Waals surface area contributed by atoms with Crippen molar-refractivity contribution in [2.75, 3.05) is 13.7 Å². The maximum Gasteiger partial charge on any atom is 0.170 e. The highest BCUT2D eigenvalue weighted by Gasteiger charge is 2.32. The number of hydrogen-bond donors (Lipinski definition) is 0. The van der Waals surface area contributed by atoms with Crippen LogP contribution in [-0.2, 0) is 4.74 Å². The van der Waals surface area contributed by atoms with Crippen molar-refractivity contribution in [2.45, 2.75) is 45.3 Å². The zero-order valence-electron chi connectivity index (χ0n) is 12.6. The average molecular weight is 278 g/mol. The number of Topliss-reactive ketones (excluding diaryl/α,β-unsaturated/α-hetero) is 1. The van der Waals surface area contributed by atoms with E-state index in [1.165, 1.54) is 0 Å². The van der Waals surface area contributed by atoms with Gasteiger partial charge in [-0.15, -0.1) is 0 Å². The molecule has 20 heavy (non-hydrogen) atoms. The van der Waals surface area contributed by atoms with Gasteiger partial charge in [-0.05, 0) is 32.9 Å². The standard InChI is InChI=1S/C16H22O4/c1-11(7-8-18-4)19-12-5-6-13-14(17)10-16(2,3)20-15(13)9-12/h5-6,9,11H,7-8,10H2,1-4H3. The van der Waals surface area contributed by atoms with Gasteiger partial charge in [0.15, 0.2) is 5.78 Å². The van der Waals surface area contributed by atoms with Gasteiger partial charge in [-0.3, -0.25) is 4.79 Å². The van der Waals surface area contributed by atoms with Crippen molar-refractivity contribution in [2.24, 2.45) is 0 Å². The molecular formula is C16H22O4. The topological polar surface area (TPSA) is 44.8 Å². The average Bonchev–Trinajstić information content (AvgIpc) is 2.34. The van der Waals surface area contributed by atoms with Gasteiger partial charge in [0.2, 0.25) is 0 Å². The number of hydrogen-bond acceptors (Lipinski definition) is 4. The summed E-state index contributed by atoms with van der Waals surface area (Å²) in [5.74, 6) is 1.45. The van der Waals surface area contributed by atoms with Crippen LogP contribution in [-0.4, -0.2) is 31.2 Å². The van der Waals surface area contributed by atoms with Crippen LogP contribution in [0.2, 0.25) is 0 Å². The summed E-state index contributed by atoms with van der Waals surface area (Å²) in [4.78, 5) is 12.0. The van der Waals surface area contributed by atoms with E-state index in [1.807, 2.05) is 26.8 Å². The van der Waals surface area contributed by atoms with Crippen LogP contribution in [0, 0.1) is 0 Å². The van der Waals surface area contributed by atoms with Gasteiger partial charge in [0, 0.05) is 26.2 Å². The van der Waals surface area contributed by atoms with Gasteiger partial charge < -0.3 is 14.2 Å². The molecule has 0 aliphatic carbocycles. The minimum atomic E-state index is -0.454. The molecule has 1 heterocycles. The monoisotopic (exact) mass is 278 g/mol. The zero-order chi connectivity index (χ0) is 14.8. The van der Waals surface area contributed by atoms with Gasteiger partial charge in [0.25, 0.3) is 0 Å². The van der Waals surface area contributed by atoms with Crippen molar-refractivity contribution in [3.05, 3.63) is 23.8 Å². The summed E-state index contributed by atoms with van der Waals surface area (Å²) in [6.45, 7) is 6.49. The molecule has 4 heteroatoms. The van der Waals surface area contributed by atoms with Crippen LogP contribution in [0.1, 0.15) is 44.0 Å². The first kappa shape index (κ1) is 14.9. The Labute approximate surface area is 120 Å². The number of benzene rings is 1. The van der Waals surface area contributed by atoms with Gasteiger partial charge in [0.1, 0.15) is 17.1 Å². The summed E-state index contributed by atoms with van der Waals surface area (Å²) < 4.78 is 16.7. The van der Waals surface area contributed by atoms with Gasteiger partial charge >= 0.3 is 0 Å². The predicted octanol–water partition coefficient (Wildman–Crippen LogP) is 3.23. The number of rotatable bonds is 5. The Bertz CT molecular complexity index is 493. The first-order valence-electron chi connectivity index (χ1n) is 6.93. The lowest BCUT2D eigenvalue weighted by Gasteiger charge is -2.31. The number of ether oxygens (including phenoxy) is 3. The van der Waals surface area contributed by atoms with Crippen molar-refractivity contribution in [3.63, 3.8) is 0 Å². The molecule has 0 radical (unpaired) electrons. The molecule has 1 unspecified atom stereocenters. The Morgan fingerprint density at radius 2 is 2.15 bits per heavy atom. The number of methoxy groups -OCH3 is 1. The first-order chi connectivity index (χ1) is 9.41. The van der Waals surface area contributed by atoms with Gasteiger partial charge in [0.05, 0.1) is 18.1 Å². The van der Waals surface area contributed by atoms with E-state index in [-0.39, 0.29) is 11.9 Å². The largest absolute Gasteiger partial charge is 0.490 e. The fraction of sp³-hybridized carbons (Fsp3) is 0.562. The number of carbonyl (C=O) groups is 1. The first-order valence-corrected chi connectivity index (χ1v) is 6.93.